The Hall–Kier alpha value is -0.830. The minimum Gasteiger partial charge on any atom is -0.462 e. The van der Waals surface area contributed by atoms with Gasteiger partial charge in [0.05, 0.1) is 0 Å². The van der Waals surface area contributed by atoms with E-state index in [0.717, 1.165) is 19.3 Å². The summed E-state index contributed by atoms with van der Waals surface area (Å²) in [6.45, 7) is 22.3. The van der Waals surface area contributed by atoms with E-state index >= 15 is 0 Å². The molecule has 10 atom stereocenters. The summed E-state index contributed by atoms with van der Waals surface area (Å²) in [7, 11) is 0. The lowest BCUT2D eigenvalue weighted by Gasteiger charge is -2.73. The van der Waals surface area contributed by atoms with Gasteiger partial charge in [-0.3, -0.25) is 4.79 Å². The molecule has 0 bridgehead atoms. The Balaban J connectivity index is 1.12. The van der Waals surface area contributed by atoms with E-state index in [1.54, 1.807) is 0 Å². The highest BCUT2D eigenvalue weighted by Crippen LogP contribution is 2.77. The van der Waals surface area contributed by atoms with Gasteiger partial charge in [-0.1, -0.05) is 131 Å². The molecule has 5 aliphatic rings. The van der Waals surface area contributed by atoms with E-state index in [0.29, 0.717) is 53.4 Å². The van der Waals surface area contributed by atoms with Gasteiger partial charge in [0.1, 0.15) is 6.10 Å². The van der Waals surface area contributed by atoms with Crippen LogP contribution in [0.25, 0.3) is 0 Å². The molecule has 0 saturated heterocycles. The maximum atomic E-state index is 13.2. The first-order valence-electron chi connectivity index (χ1n) is 21.8. The zero-order valence-electron chi connectivity index (χ0n) is 33.6. The van der Waals surface area contributed by atoms with Crippen LogP contribution < -0.4 is 0 Å². The first kappa shape index (κ1) is 39.4. The second-order valence-electron chi connectivity index (χ2n) is 20.0. The van der Waals surface area contributed by atoms with E-state index in [9.17, 15) is 9.90 Å². The highest BCUT2D eigenvalue weighted by atomic mass is 16.5. The number of fused-ring (bicyclic) bond motifs is 7. The van der Waals surface area contributed by atoms with Crippen molar-refractivity contribution in [2.45, 2.75) is 209 Å². The Kier molecular flexibility index (Phi) is 12.9. The lowest BCUT2D eigenvalue weighted by molar-refractivity contribution is -0.251. The van der Waals surface area contributed by atoms with E-state index < -0.39 is 0 Å². The predicted octanol–water partition coefficient (Wildman–Crippen LogP) is 13.0. The lowest BCUT2D eigenvalue weighted by atomic mass is 9.32. The summed E-state index contributed by atoms with van der Waals surface area (Å²) >= 11 is 0. The smallest absolute Gasteiger partial charge is 0.306 e. The van der Waals surface area contributed by atoms with E-state index in [2.05, 4.69) is 55.0 Å². The number of hydrogen-bond acceptors (Lipinski definition) is 3. The van der Waals surface area contributed by atoms with Crippen molar-refractivity contribution in [2.24, 2.45) is 56.7 Å². The van der Waals surface area contributed by atoms with Gasteiger partial charge >= 0.3 is 5.97 Å². The fourth-order valence-electron chi connectivity index (χ4n) is 14.2. The first-order chi connectivity index (χ1) is 23.3. The molecule has 0 spiro atoms. The van der Waals surface area contributed by atoms with E-state index in [1.807, 2.05) is 0 Å². The summed E-state index contributed by atoms with van der Waals surface area (Å²) in [6.07, 6.45) is 30.2. The van der Waals surface area contributed by atoms with Crippen molar-refractivity contribution in [3.8, 4) is 0 Å². The van der Waals surface area contributed by atoms with Gasteiger partial charge in [0.2, 0.25) is 0 Å². The molecule has 0 amide bonds. The number of aliphatic hydroxyl groups excluding tert-OH is 1. The highest BCUT2D eigenvalue weighted by molar-refractivity contribution is 5.69. The van der Waals surface area contributed by atoms with Gasteiger partial charge in [-0.2, -0.15) is 0 Å². The zero-order chi connectivity index (χ0) is 35.5. The van der Waals surface area contributed by atoms with E-state index in [1.165, 1.54) is 134 Å². The Morgan fingerprint density at radius 2 is 1.31 bits per heavy atom. The second kappa shape index (κ2) is 16.0. The van der Waals surface area contributed by atoms with Crippen LogP contribution in [0.15, 0.2) is 12.2 Å². The fourth-order valence-corrected chi connectivity index (χ4v) is 14.2. The van der Waals surface area contributed by atoms with Crippen molar-refractivity contribution in [3.63, 3.8) is 0 Å². The van der Waals surface area contributed by atoms with Gasteiger partial charge in [0.25, 0.3) is 0 Å². The fraction of sp³-hybridized carbons (Fsp3) is 0.935. The standard InChI is InChI=1S/C46H80O3/c1-9-10-11-12-13-14-15-16-17-18-19-20-21-22-40(48)49-39-27-28-43(6)37(42(39,4)5)26-29-45(8)38(43)24-23-36-41-35(34(2)3)25-30-46(41,33-47)32-31-44(36,45)7/h35-39,41,47H,2,9-33H2,1,3-8H3/t35-,36+,37-,38+,39-,41+,43-,44+,45+,46+/m1/s1. The third-order valence-corrected chi connectivity index (χ3v) is 17.3. The van der Waals surface area contributed by atoms with Crippen LogP contribution >= 0.6 is 0 Å². The van der Waals surface area contributed by atoms with Gasteiger partial charge in [0.15, 0.2) is 0 Å². The molecule has 3 heteroatoms. The number of ether oxygens (including phenoxy) is 1. The van der Waals surface area contributed by atoms with Crippen molar-refractivity contribution in [1.82, 2.24) is 0 Å². The Labute approximate surface area is 304 Å². The van der Waals surface area contributed by atoms with Gasteiger partial charge in [-0.05, 0) is 129 Å². The van der Waals surface area contributed by atoms with Crippen molar-refractivity contribution < 1.29 is 14.6 Å². The van der Waals surface area contributed by atoms with Crippen molar-refractivity contribution in [1.29, 1.82) is 0 Å². The molecule has 0 aromatic heterocycles. The molecule has 0 aliphatic heterocycles. The maximum Gasteiger partial charge on any atom is 0.306 e. The van der Waals surface area contributed by atoms with Crippen molar-refractivity contribution in [2.75, 3.05) is 6.61 Å². The summed E-state index contributed by atoms with van der Waals surface area (Å²) in [4.78, 5) is 13.2. The summed E-state index contributed by atoms with van der Waals surface area (Å²) < 4.78 is 6.41. The quantitative estimate of drug-likeness (QED) is 0.0945. The molecule has 0 heterocycles. The highest BCUT2D eigenvalue weighted by Gasteiger charge is 2.71. The number of rotatable bonds is 17. The maximum absolute atomic E-state index is 13.2. The van der Waals surface area contributed by atoms with E-state index in [4.69, 9.17) is 4.74 Å². The van der Waals surface area contributed by atoms with Crippen LogP contribution in [0.2, 0.25) is 0 Å². The third kappa shape index (κ3) is 7.38. The minimum absolute atomic E-state index is 0.00680. The summed E-state index contributed by atoms with van der Waals surface area (Å²) in [5, 5.41) is 10.8. The molecule has 5 saturated carbocycles. The Morgan fingerprint density at radius 1 is 0.694 bits per heavy atom. The number of carbonyl (C=O) groups excluding carboxylic acids is 1. The molecule has 0 aromatic carbocycles. The Morgan fingerprint density at radius 3 is 1.90 bits per heavy atom. The number of esters is 1. The normalized spacial score (nSPS) is 40.9. The number of carbonyl (C=O) groups is 1. The van der Waals surface area contributed by atoms with Gasteiger partial charge in [0, 0.05) is 18.4 Å². The average molecular weight is 681 g/mol. The molecular formula is C46H80O3. The molecule has 0 aromatic rings. The topological polar surface area (TPSA) is 46.5 Å². The molecule has 0 radical (unpaired) electrons. The van der Waals surface area contributed by atoms with Gasteiger partial charge in [-0.25, -0.2) is 0 Å². The minimum atomic E-state index is 0.00680. The van der Waals surface area contributed by atoms with Crippen LogP contribution in [0.4, 0.5) is 0 Å². The van der Waals surface area contributed by atoms with Crippen molar-refractivity contribution >= 4 is 5.97 Å². The predicted molar refractivity (Wildman–Crippen MR) is 206 cm³/mol. The molecular weight excluding hydrogens is 601 g/mol. The summed E-state index contributed by atoms with van der Waals surface area (Å²) in [6, 6.07) is 0. The van der Waals surface area contributed by atoms with Gasteiger partial charge < -0.3 is 9.84 Å². The number of hydrogen-bond donors (Lipinski definition) is 1. The molecule has 3 nitrogen and oxygen atoms in total. The molecule has 282 valence electrons. The van der Waals surface area contributed by atoms with E-state index in [-0.39, 0.29) is 28.3 Å². The van der Waals surface area contributed by atoms with Crippen LogP contribution in [0.5, 0.6) is 0 Å². The van der Waals surface area contributed by atoms with Crippen LogP contribution in [-0.2, 0) is 9.53 Å². The lowest BCUT2D eigenvalue weighted by Crippen LogP contribution is -2.67. The van der Waals surface area contributed by atoms with Crippen LogP contribution in [0.3, 0.4) is 0 Å². The molecule has 5 rings (SSSR count). The number of unbranched alkanes of at least 4 members (excludes halogenated alkanes) is 12. The third-order valence-electron chi connectivity index (χ3n) is 17.3. The van der Waals surface area contributed by atoms with Crippen LogP contribution in [0.1, 0.15) is 203 Å². The van der Waals surface area contributed by atoms with Crippen LogP contribution in [-0.4, -0.2) is 23.8 Å². The van der Waals surface area contributed by atoms with Crippen molar-refractivity contribution in [3.05, 3.63) is 12.2 Å². The Bertz CT molecular complexity index is 1110. The monoisotopic (exact) mass is 681 g/mol. The molecule has 5 fully saturated rings. The summed E-state index contributed by atoms with van der Waals surface area (Å²) in [5.74, 6) is 3.22. The molecule has 0 unspecified atom stereocenters. The second-order valence-corrected chi connectivity index (χ2v) is 20.0. The van der Waals surface area contributed by atoms with Crippen LogP contribution in [0, 0.1) is 56.7 Å². The summed E-state index contributed by atoms with van der Waals surface area (Å²) in [5.41, 5.74) is 2.40. The molecule has 5 aliphatic carbocycles. The zero-order valence-corrected chi connectivity index (χ0v) is 33.6. The molecule has 49 heavy (non-hydrogen) atoms. The largest absolute Gasteiger partial charge is 0.462 e. The SMILES string of the molecule is C=C(C)[C@H]1CC[C@@]2(CO)CC[C@@]3(C)[C@@H](CC[C@H]4[C@]5(C)CC[C@@H](OC(=O)CCCCCCCCCCCCCCC)C(C)(C)[C@H]5CC[C@@]43C)[C@H]12. The number of allylic oxidation sites excluding steroid dienone is 1. The first-order valence-corrected chi connectivity index (χ1v) is 21.8. The average Bonchev–Trinajstić information content (AvgIpc) is 3.45. The number of aliphatic hydroxyl groups is 1. The molecule has 1 N–H and O–H groups in total. The van der Waals surface area contributed by atoms with Gasteiger partial charge in [-0.15, -0.1) is 0 Å².